The van der Waals surface area contributed by atoms with Gasteiger partial charge in [-0.25, -0.2) is 4.39 Å². The van der Waals surface area contributed by atoms with E-state index in [0.717, 1.165) is 29.1 Å². The molecule has 0 amide bonds. The highest BCUT2D eigenvalue weighted by Crippen LogP contribution is 2.38. The second kappa shape index (κ2) is 7.47. The summed E-state index contributed by atoms with van der Waals surface area (Å²) in [6.45, 7) is 6.95. The topological polar surface area (TPSA) is 47.0 Å². The van der Waals surface area contributed by atoms with E-state index in [9.17, 15) is 4.39 Å². The number of halogens is 3. The lowest BCUT2D eigenvalue weighted by atomic mass is 9.91. The summed E-state index contributed by atoms with van der Waals surface area (Å²) in [5.41, 5.74) is 4.31. The lowest BCUT2D eigenvalue weighted by molar-refractivity contribution is 0.226. The van der Waals surface area contributed by atoms with E-state index >= 15 is 0 Å². The SMILES string of the molecule is C[C@@H](Oc1cncc(-c2cnc3c(c2)NCC3(C)C)c1)c1c(Cl)ccc(F)c1Cl. The highest BCUT2D eigenvalue weighted by molar-refractivity contribution is 6.36. The molecule has 0 radical (unpaired) electrons. The first-order valence-electron chi connectivity index (χ1n) is 9.26. The number of nitrogens with one attached hydrogen (secondary N) is 1. The Hall–Kier alpha value is -2.37. The van der Waals surface area contributed by atoms with Gasteiger partial charge >= 0.3 is 0 Å². The van der Waals surface area contributed by atoms with Crippen molar-refractivity contribution in [1.29, 1.82) is 0 Å². The number of aromatic nitrogens is 2. The number of hydrogen-bond acceptors (Lipinski definition) is 4. The Kier molecular flexibility index (Phi) is 5.13. The average Bonchev–Trinajstić information content (AvgIpc) is 2.99. The molecule has 0 unspecified atom stereocenters. The van der Waals surface area contributed by atoms with Crippen molar-refractivity contribution in [2.45, 2.75) is 32.3 Å². The molecule has 0 fully saturated rings. The molecule has 3 aromatic rings. The molecule has 0 saturated heterocycles. The van der Waals surface area contributed by atoms with Gasteiger partial charge in [0.25, 0.3) is 0 Å². The van der Waals surface area contributed by atoms with Crippen LogP contribution in [0.1, 0.15) is 38.1 Å². The van der Waals surface area contributed by atoms with Gasteiger partial charge in [-0.2, -0.15) is 0 Å². The van der Waals surface area contributed by atoms with E-state index in [4.69, 9.17) is 27.9 Å². The van der Waals surface area contributed by atoms with Crippen molar-refractivity contribution in [2.24, 2.45) is 0 Å². The van der Waals surface area contributed by atoms with Crippen LogP contribution in [-0.4, -0.2) is 16.5 Å². The first-order chi connectivity index (χ1) is 13.8. The highest BCUT2D eigenvalue weighted by Gasteiger charge is 2.31. The fourth-order valence-corrected chi connectivity index (χ4v) is 4.19. The molecule has 1 aliphatic rings. The summed E-state index contributed by atoms with van der Waals surface area (Å²) in [7, 11) is 0. The normalized spacial score (nSPS) is 15.5. The van der Waals surface area contributed by atoms with Crippen LogP contribution in [-0.2, 0) is 5.41 Å². The molecule has 1 atom stereocenters. The summed E-state index contributed by atoms with van der Waals surface area (Å²) in [5, 5.41) is 3.72. The quantitative estimate of drug-likeness (QED) is 0.483. The van der Waals surface area contributed by atoms with Crippen LogP contribution in [0.5, 0.6) is 5.75 Å². The van der Waals surface area contributed by atoms with Gasteiger partial charge in [0.05, 0.1) is 22.6 Å². The van der Waals surface area contributed by atoms with Gasteiger partial charge in [0.15, 0.2) is 0 Å². The third-order valence-corrected chi connectivity index (χ3v) is 5.81. The number of pyridine rings is 2. The Morgan fingerprint density at radius 3 is 2.69 bits per heavy atom. The highest BCUT2D eigenvalue weighted by atomic mass is 35.5. The maximum Gasteiger partial charge on any atom is 0.142 e. The Morgan fingerprint density at radius 2 is 1.90 bits per heavy atom. The summed E-state index contributed by atoms with van der Waals surface area (Å²) < 4.78 is 19.8. The molecule has 1 aromatic carbocycles. The number of rotatable bonds is 4. The van der Waals surface area contributed by atoms with Crippen molar-refractivity contribution in [3.05, 3.63) is 70.0 Å². The van der Waals surface area contributed by atoms with E-state index in [1.807, 2.05) is 12.3 Å². The molecule has 4 rings (SSSR count). The predicted octanol–water partition coefficient (Wildman–Crippen LogP) is 6.43. The summed E-state index contributed by atoms with van der Waals surface area (Å²) in [4.78, 5) is 8.93. The van der Waals surface area contributed by atoms with Gasteiger partial charge in [-0.3, -0.25) is 9.97 Å². The van der Waals surface area contributed by atoms with Crippen molar-refractivity contribution in [3.63, 3.8) is 0 Å². The molecule has 150 valence electrons. The fourth-order valence-electron chi connectivity index (χ4n) is 3.52. The molecule has 29 heavy (non-hydrogen) atoms. The van der Waals surface area contributed by atoms with Crippen molar-refractivity contribution < 1.29 is 9.13 Å². The van der Waals surface area contributed by atoms with Crippen LogP contribution >= 0.6 is 23.2 Å². The van der Waals surface area contributed by atoms with Crippen molar-refractivity contribution in [3.8, 4) is 16.9 Å². The lowest BCUT2D eigenvalue weighted by Gasteiger charge is -2.18. The Bertz CT molecular complexity index is 1090. The van der Waals surface area contributed by atoms with Crippen LogP contribution < -0.4 is 10.1 Å². The van der Waals surface area contributed by atoms with Crippen LogP contribution in [0.15, 0.2) is 42.9 Å². The van der Waals surface area contributed by atoms with Crippen molar-refractivity contribution >= 4 is 28.9 Å². The maximum atomic E-state index is 13.8. The predicted molar refractivity (Wildman–Crippen MR) is 114 cm³/mol. The first kappa shape index (κ1) is 19.9. The van der Waals surface area contributed by atoms with Gasteiger partial charge in [0.1, 0.15) is 17.7 Å². The zero-order valence-corrected chi connectivity index (χ0v) is 17.8. The van der Waals surface area contributed by atoms with Crippen LogP contribution in [0, 0.1) is 5.82 Å². The number of benzene rings is 1. The molecular weight excluding hydrogens is 412 g/mol. The second-order valence-corrected chi connectivity index (χ2v) is 8.57. The van der Waals surface area contributed by atoms with Crippen molar-refractivity contribution in [1.82, 2.24) is 9.97 Å². The zero-order chi connectivity index (χ0) is 20.8. The largest absolute Gasteiger partial charge is 0.484 e. The molecule has 3 heterocycles. The van der Waals surface area contributed by atoms with Crippen LogP contribution in [0.2, 0.25) is 10.0 Å². The molecule has 7 heteroatoms. The molecule has 0 aliphatic carbocycles. The number of nitrogens with zero attached hydrogens (tertiary/aromatic N) is 2. The summed E-state index contributed by atoms with van der Waals surface area (Å²) >= 11 is 12.3. The molecule has 4 nitrogen and oxygen atoms in total. The van der Waals surface area contributed by atoms with E-state index in [-0.39, 0.29) is 10.4 Å². The summed E-state index contributed by atoms with van der Waals surface area (Å²) in [6.07, 6.45) is 4.65. The van der Waals surface area contributed by atoms with E-state index in [1.165, 1.54) is 12.1 Å². The van der Waals surface area contributed by atoms with Gasteiger partial charge in [0, 0.05) is 46.1 Å². The van der Waals surface area contributed by atoms with Gasteiger partial charge < -0.3 is 10.1 Å². The summed E-state index contributed by atoms with van der Waals surface area (Å²) in [6, 6.07) is 6.65. The van der Waals surface area contributed by atoms with Gasteiger partial charge in [-0.15, -0.1) is 0 Å². The van der Waals surface area contributed by atoms with Crippen LogP contribution in [0.3, 0.4) is 0 Å². The average molecular weight is 432 g/mol. The fraction of sp³-hybridized carbons (Fsp3) is 0.273. The minimum absolute atomic E-state index is 0.00992. The molecule has 1 N–H and O–H groups in total. The number of hydrogen-bond donors (Lipinski definition) is 1. The van der Waals surface area contributed by atoms with Gasteiger partial charge in [-0.05, 0) is 31.2 Å². The van der Waals surface area contributed by atoms with E-state index in [0.29, 0.717) is 16.3 Å². The minimum Gasteiger partial charge on any atom is -0.484 e. The van der Waals surface area contributed by atoms with Crippen LogP contribution in [0.25, 0.3) is 11.1 Å². The monoisotopic (exact) mass is 431 g/mol. The van der Waals surface area contributed by atoms with Crippen molar-refractivity contribution in [2.75, 3.05) is 11.9 Å². The standard InChI is InChI=1S/C22H20Cl2FN3O/c1-12(19-16(23)4-5-17(25)20(19)24)29-15-6-13(8-26-10-15)14-7-18-21(27-9-14)22(2,3)11-28-18/h4-10,12,28H,11H2,1-3H3/t12-/m1/s1. The Balaban J connectivity index is 1.61. The Morgan fingerprint density at radius 1 is 1.14 bits per heavy atom. The van der Waals surface area contributed by atoms with Gasteiger partial charge in [-0.1, -0.05) is 37.0 Å². The van der Waals surface area contributed by atoms with E-state index in [1.54, 1.807) is 19.3 Å². The van der Waals surface area contributed by atoms with Crippen LogP contribution in [0.4, 0.5) is 10.1 Å². The lowest BCUT2D eigenvalue weighted by Crippen LogP contribution is -2.19. The third-order valence-electron chi connectivity index (χ3n) is 5.09. The Labute approximate surface area is 179 Å². The smallest absolute Gasteiger partial charge is 0.142 e. The molecule has 0 bridgehead atoms. The second-order valence-electron chi connectivity index (χ2n) is 7.78. The molecule has 2 aromatic heterocycles. The third kappa shape index (κ3) is 3.77. The molecular formula is C22H20Cl2FN3O. The molecule has 1 aliphatic heterocycles. The van der Waals surface area contributed by atoms with E-state index < -0.39 is 11.9 Å². The van der Waals surface area contributed by atoms with Gasteiger partial charge in [0.2, 0.25) is 0 Å². The molecule has 0 saturated carbocycles. The van der Waals surface area contributed by atoms with E-state index in [2.05, 4.69) is 35.2 Å². The number of fused-ring (bicyclic) bond motifs is 1. The minimum atomic E-state index is -0.552. The maximum absolute atomic E-state index is 13.8. The number of ether oxygens (including phenoxy) is 1. The zero-order valence-electron chi connectivity index (χ0n) is 16.3. The number of anilines is 1. The molecule has 0 spiro atoms. The summed E-state index contributed by atoms with van der Waals surface area (Å²) in [5.74, 6) is -0.00628. The first-order valence-corrected chi connectivity index (χ1v) is 10.0.